The molecule has 0 aromatic heterocycles. The van der Waals surface area contributed by atoms with E-state index >= 15 is 0 Å². The van der Waals surface area contributed by atoms with Crippen molar-refractivity contribution in [2.24, 2.45) is 5.73 Å². The Hall–Kier alpha value is -2.95. The third kappa shape index (κ3) is 5.40. The number of primary amides is 1. The zero-order valence-electron chi connectivity index (χ0n) is 17.6. The minimum Gasteiger partial charge on any atom is -0.368 e. The van der Waals surface area contributed by atoms with E-state index in [0.29, 0.717) is 30.0 Å². The summed E-state index contributed by atoms with van der Waals surface area (Å²) in [4.78, 5) is 28.2. The highest BCUT2D eigenvalue weighted by atomic mass is 32.2. The molecule has 166 valence electrons. The van der Waals surface area contributed by atoms with Gasteiger partial charge in [-0.2, -0.15) is 0 Å². The number of nitrogens with two attached hydrogens (primary N) is 1. The molecule has 0 spiro atoms. The maximum Gasteiger partial charge on any atom is 0.255 e. The van der Waals surface area contributed by atoms with Gasteiger partial charge >= 0.3 is 0 Å². The number of nitrogens with one attached hydrogen (secondary N) is 2. The summed E-state index contributed by atoms with van der Waals surface area (Å²) in [6.07, 6.45) is 0. The predicted octanol–water partition coefficient (Wildman–Crippen LogP) is 1.09. The van der Waals surface area contributed by atoms with Crippen LogP contribution in [0.25, 0.3) is 0 Å². The van der Waals surface area contributed by atoms with Crippen LogP contribution in [0.3, 0.4) is 0 Å². The number of hydrogen-bond donors (Lipinski definition) is 3. The van der Waals surface area contributed by atoms with E-state index in [9.17, 15) is 18.0 Å². The maximum absolute atomic E-state index is 12.9. The SMILES string of the molecule is CCNS(=O)(=O)c1cc(C(=O)Nc2ccc(C(N)=O)cc2)ccc1N1CCN(C)CC1. The number of sulfonamides is 1. The highest BCUT2D eigenvalue weighted by Crippen LogP contribution is 2.28. The molecule has 0 radical (unpaired) electrons. The first-order chi connectivity index (χ1) is 14.7. The first-order valence-corrected chi connectivity index (χ1v) is 11.5. The van der Waals surface area contributed by atoms with E-state index in [1.165, 1.54) is 18.2 Å². The summed E-state index contributed by atoms with van der Waals surface area (Å²) in [6, 6.07) is 10.8. The van der Waals surface area contributed by atoms with Gasteiger partial charge in [0.2, 0.25) is 15.9 Å². The van der Waals surface area contributed by atoms with Crippen LogP contribution in [-0.4, -0.2) is 64.9 Å². The number of rotatable bonds is 7. The van der Waals surface area contributed by atoms with Crippen molar-refractivity contribution in [2.45, 2.75) is 11.8 Å². The molecule has 1 saturated heterocycles. The smallest absolute Gasteiger partial charge is 0.255 e. The minimum absolute atomic E-state index is 0.0793. The summed E-state index contributed by atoms with van der Waals surface area (Å²) in [6.45, 7) is 4.99. The van der Waals surface area contributed by atoms with Gasteiger partial charge in [0.15, 0.2) is 0 Å². The maximum atomic E-state index is 12.9. The molecule has 31 heavy (non-hydrogen) atoms. The van der Waals surface area contributed by atoms with Crippen molar-refractivity contribution in [3.63, 3.8) is 0 Å². The number of carbonyl (C=O) groups is 2. The van der Waals surface area contributed by atoms with Crippen molar-refractivity contribution in [1.82, 2.24) is 9.62 Å². The average Bonchev–Trinajstić information content (AvgIpc) is 2.74. The topological polar surface area (TPSA) is 125 Å². The Balaban J connectivity index is 1.90. The fourth-order valence-corrected chi connectivity index (χ4v) is 4.66. The fourth-order valence-electron chi connectivity index (χ4n) is 3.37. The van der Waals surface area contributed by atoms with Crippen molar-refractivity contribution < 1.29 is 18.0 Å². The Morgan fingerprint density at radius 1 is 1.00 bits per heavy atom. The third-order valence-corrected chi connectivity index (χ3v) is 6.69. The molecule has 0 saturated carbocycles. The van der Waals surface area contributed by atoms with E-state index in [0.717, 1.165) is 13.1 Å². The van der Waals surface area contributed by atoms with E-state index in [4.69, 9.17) is 5.73 Å². The van der Waals surface area contributed by atoms with E-state index in [2.05, 4.69) is 14.9 Å². The molecule has 1 fully saturated rings. The summed E-state index contributed by atoms with van der Waals surface area (Å²) in [5.41, 5.74) is 6.82. The first kappa shape index (κ1) is 22.7. The van der Waals surface area contributed by atoms with Crippen molar-refractivity contribution in [3.05, 3.63) is 53.6 Å². The predicted molar refractivity (Wildman–Crippen MR) is 120 cm³/mol. The number of hydrogen-bond acceptors (Lipinski definition) is 6. The van der Waals surface area contributed by atoms with Gasteiger partial charge in [0, 0.05) is 49.5 Å². The van der Waals surface area contributed by atoms with E-state index in [-0.39, 0.29) is 17.0 Å². The molecule has 3 rings (SSSR count). The highest BCUT2D eigenvalue weighted by Gasteiger charge is 2.25. The summed E-state index contributed by atoms with van der Waals surface area (Å²) >= 11 is 0. The van der Waals surface area contributed by atoms with Crippen LogP contribution in [0.2, 0.25) is 0 Å². The van der Waals surface area contributed by atoms with Gasteiger partial charge in [0.25, 0.3) is 5.91 Å². The van der Waals surface area contributed by atoms with Gasteiger partial charge in [-0.3, -0.25) is 9.59 Å². The molecular formula is C21H27N5O4S. The van der Waals surface area contributed by atoms with E-state index in [1.807, 2.05) is 11.9 Å². The second kappa shape index (κ2) is 9.46. The molecule has 2 aromatic rings. The second-order valence-electron chi connectivity index (χ2n) is 7.37. The van der Waals surface area contributed by atoms with Crippen LogP contribution in [0.1, 0.15) is 27.6 Å². The van der Waals surface area contributed by atoms with Gasteiger partial charge in [-0.05, 0) is 49.5 Å². The molecule has 1 aliphatic rings. The van der Waals surface area contributed by atoms with Crippen LogP contribution < -0.4 is 20.7 Å². The van der Waals surface area contributed by atoms with Crippen LogP contribution in [-0.2, 0) is 10.0 Å². The van der Waals surface area contributed by atoms with Crippen molar-refractivity contribution in [2.75, 3.05) is 50.0 Å². The standard InChI is InChI=1S/C21H27N5O4S/c1-3-23-31(29,30)19-14-16(6-9-18(19)26-12-10-25(2)11-13-26)21(28)24-17-7-4-15(5-8-17)20(22)27/h4-9,14,23H,3,10-13H2,1-2H3,(H2,22,27)(H,24,28). The Labute approximate surface area is 182 Å². The van der Waals surface area contributed by atoms with Gasteiger partial charge in [0.1, 0.15) is 4.90 Å². The zero-order valence-corrected chi connectivity index (χ0v) is 18.4. The summed E-state index contributed by atoms with van der Waals surface area (Å²) < 4.78 is 28.3. The molecule has 2 amide bonds. The van der Waals surface area contributed by atoms with Crippen LogP contribution in [0, 0.1) is 0 Å². The minimum atomic E-state index is -3.78. The molecule has 0 aliphatic carbocycles. The summed E-state index contributed by atoms with van der Waals surface area (Å²) in [5.74, 6) is -1.01. The van der Waals surface area contributed by atoms with Crippen molar-refractivity contribution in [3.8, 4) is 0 Å². The Morgan fingerprint density at radius 3 is 2.19 bits per heavy atom. The van der Waals surface area contributed by atoms with Gasteiger partial charge in [-0.25, -0.2) is 13.1 Å². The molecule has 9 nitrogen and oxygen atoms in total. The Bertz CT molecular complexity index is 1060. The quantitative estimate of drug-likeness (QED) is 0.586. The zero-order chi connectivity index (χ0) is 22.6. The number of likely N-dealkylation sites (N-methyl/N-ethyl adjacent to an activating group) is 1. The molecule has 4 N–H and O–H groups in total. The van der Waals surface area contributed by atoms with Crippen LogP contribution >= 0.6 is 0 Å². The molecule has 1 aliphatic heterocycles. The van der Waals surface area contributed by atoms with Crippen LogP contribution in [0.4, 0.5) is 11.4 Å². The average molecular weight is 446 g/mol. The molecule has 10 heteroatoms. The summed E-state index contributed by atoms with van der Waals surface area (Å²) in [5, 5.41) is 2.71. The lowest BCUT2D eigenvalue weighted by Gasteiger charge is -2.35. The second-order valence-corrected chi connectivity index (χ2v) is 9.11. The third-order valence-electron chi connectivity index (χ3n) is 5.12. The van der Waals surface area contributed by atoms with E-state index in [1.54, 1.807) is 31.2 Å². The Morgan fingerprint density at radius 2 is 1.61 bits per heavy atom. The van der Waals surface area contributed by atoms with Gasteiger partial charge in [-0.1, -0.05) is 6.92 Å². The molecule has 0 bridgehead atoms. The Kier molecular flexibility index (Phi) is 6.94. The van der Waals surface area contributed by atoms with Crippen molar-refractivity contribution >= 4 is 33.2 Å². The molecule has 0 atom stereocenters. The lowest BCUT2D eigenvalue weighted by atomic mass is 10.1. The number of anilines is 2. The molecule has 1 heterocycles. The van der Waals surface area contributed by atoms with Crippen LogP contribution in [0.15, 0.2) is 47.4 Å². The monoisotopic (exact) mass is 445 g/mol. The number of piperazine rings is 1. The number of benzene rings is 2. The highest BCUT2D eigenvalue weighted by molar-refractivity contribution is 7.89. The molecule has 2 aromatic carbocycles. The van der Waals surface area contributed by atoms with Gasteiger partial charge in [0.05, 0.1) is 5.69 Å². The van der Waals surface area contributed by atoms with Gasteiger partial charge in [-0.15, -0.1) is 0 Å². The lowest BCUT2D eigenvalue weighted by molar-refractivity contribution is 0.0998. The molecular weight excluding hydrogens is 418 g/mol. The molecule has 0 unspecified atom stereocenters. The first-order valence-electron chi connectivity index (χ1n) is 9.99. The number of nitrogens with zero attached hydrogens (tertiary/aromatic N) is 2. The largest absolute Gasteiger partial charge is 0.368 e. The van der Waals surface area contributed by atoms with Crippen LogP contribution in [0.5, 0.6) is 0 Å². The summed E-state index contributed by atoms with van der Waals surface area (Å²) in [7, 11) is -1.76. The number of amides is 2. The fraction of sp³-hybridized carbons (Fsp3) is 0.333. The van der Waals surface area contributed by atoms with E-state index < -0.39 is 21.8 Å². The van der Waals surface area contributed by atoms with Crippen molar-refractivity contribution in [1.29, 1.82) is 0 Å². The number of carbonyl (C=O) groups excluding carboxylic acids is 2. The normalized spacial score (nSPS) is 15.0. The lowest BCUT2D eigenvalue weighted by Crippen LogP contribution is -2.45. The van der Waals surface area contributed by atoms with Gasteiger partial charge < -0.3 is 20.9 Å².